The Labute approximate surface area is 217 Å². The minimum atomic E-state index is 0.138. The molecule has 5 aromatic rings. The van der Waals surface area contributed by atoms with Crippen molar-refractivity contribution in [1.29, 1.82) is 0 Å². The topological polar surface area (TPSA) is 55.7 Å². The number of nitrogens with zero attached hydrogens (tertiary/aromatic N) is 3. The lowest BCUT2D eigenvalue weighted by Crippen LogP contribution is -2.18. The third-order valence-corrected chi connectivity index (χ3v) is 7.53. The first-order valence-corrected chi connectivity index (χ1v) is 12.5. The highest BCUT2D eigenvalue weighted by atomic mass is 35.5. The molecule has 6 rings (SSSR count). The number of hydrogen-bond acceptors (Lipinski definition) is 3. The molecule has 0 radical (unpaired) electrons. The van der Waals surface area contributed by atoms with Crippen LogP contribution < -0.4 is 4.74 Å². The summed E-state index contributed by atoms with van der Waals surface area (Å²) in [4.78, 5) is 12.3. The largest absolute Gasteiger partial charge is 0.473 e. The van der Waals surface area contributed by atoms with Gasteiger partial charge in [-0.05, 0) is 48.6 Å². The van der Waals surface area contributed by atoms with Crippen LogP contribution >= 0.6 is 34.8 Å². The van der Waals surface area contributed by atoms with Crippen molar-refractivity contribution in [3.8, 4) is 17.1 Å². The Bertz CT molecular complexity index is 1540. The summed E-state index contributed by atoms with van der Waals surface area (Å²) >= 11 is 19.0. The molecule has 0 aliphatic heterocycles. The predicted octanol–water partition coefficient (Wildman–Crippen LogP) is 7.89. The molecule has 5 nitrogen and oxygen atoms in total. The average Bonchev–Trinajstić information content (AvgIpc) is 3.50. The molecule has 3 aromatic heterocycles. The number of pyridine rings is 1. The highest BCUT2D eigenvalue weighted by Gasteiger charge is 2.26. The second-order valence-electron chi connectivity index (χ2n) is 8.70. The third-order valence-electron chi connectivity index (χ3n) is 6.61. The van der Waals surface area contributed by atoms with E-state index in [1.54, 1.807) is 18.3 Å². The number of aromatic nitrogens is 4. The summed E-state index contributed by atoms with van der Waals surface area (Å²) in [5, 5.41) is 2.98. The van der Waals surface area contributed by atoms with Gasteiger partial charge in [0.25, 0.3) is 0 Å². The lowest BCUT2D eigenvalue weighted by molar-refractivity contribution is 0.294. The second-order valence-corrected chi connectivity index (χ2v) is 9.95. The van der Waals surface area contributed by atoms with Gasteiger partial charge < -0.3 is 14.3 Å². The number of ether oxygens (including phenoxy) is 1. The van der Waals surface area contributed by atoms with E-state index in [0.717, 1.165) is 52.0 Å². The van der Waals surface area contributed by atoms with Crippen molar-refractivity contribution in [3.63, 3.8) is 0 Å². The van der Waals surface area contributed by atoms with E-state index in [4.69, 9.17) is 39.5 Å². The molecule has 0 amide bonds. The first-order valence-electron chi connectivity index (χ1n) is 11.4. The van der Waals surface area contributed by atoms with Gasteiger partial charge >= 0.3 is 0 Å². The summed E-state index contributed by atoms with van der Waals surface area (Å²) < 4.78 is 8.22. The summed E-state index contributed by atoms with van der Waals surface area (Å²) in [5.41, 5.74) is 6.34. The summed E-state index contributed by atoms with van der Waals surface area (Å²) in [6.07, 6.45) is 10.8. The zero-order chi connectivity index (χ0) is 23.9. The van der Waals surface area contributed by atoms with Crippen LogP contribution in [0.1, 0.15) is 35.6 Å². The first-order chi connectivity index (χ1) is 17.1. The maximum atomic E-state index is 6.67. The van der Waals surface area contributed by atoms with Gasteiger partial charge in [0, 0.05) is 43.8 Å². The number of aromatic amines is 1. The van der Waals surface area contributed by atoms with Crippen LogP contribution in [0, 0.1) is 0 Å². The number of halogens is 3. The maximum absolute atomic E-state index is 6.67. The molecule has 0 spiro atoms. The number of rotatable bonds is 5. The molecule has 2 aromatic carbocycles. The van der Waals surface area contributed by atoms with Gasteiger partial charge in [0.05, 0.1) is 36.0 Å². The Morgan fingerprint density at radius 2 is 1.97 bits per heavy atom. The van der Waals surface area contributed by atoms with Crippen LogP contribution in [0.4, 0.5) is 0 Å². The van der Waals surface area contributed by atoms with Gasteiger partial charge in [-0.3, -0.25) is 0 Å². The lowest BCUT2D eigenvalue weighted by Gasteiger charge is -2.29. The van der Waals surface area contributed by atoms with Gasteiger partial charge in [0.15, 0.2) is 0 Å². The second kappa shape index (κ2) is 9.23. The molecule has 176 valence electrons. The van der Waals surface area contributed by atoms with Crippen LogP contribution in [-0.2, 0) is 13.0 Å². The van der Waals surface area contributed by atoms with Crippen molar-refractivity contribution in [2.75, 3.05) is 0 Å². The number of fused-ring (bicyclic) bond motifs is 2. The fraction of sp³-hybridized carbons (Fsp3) is 0.185. The van der Waals surface area contributed by atoms with E-state index < -0.39 is 0 Å². The average molecular weight is 524 g/mol. The fourth-order valence-electron chi connectivity index (χ4n) is 4.93. The molecule has 0 saturated heterocycles. The molecule has 1 unspecified atom stereocenters. The zero-order valence-corrected chi connectivity index (χ0v) is 20.9. The van der Waals surface area contributed by atoms with E-state index in [0.29, 0.717) is 22.5 Å². The first kappa shape index (κ1) is 22.5. The number of aryl methyl sites for hydroxylation is 1. The Hall–Kier alpha value is -2.99. The van der Waals surface area contributed by atoms with Gasteiger partial charge in [-0.1, -0.05) is 53.0 Å². The van der Waals surface area contributed by atoms with Gasteiger partial charge in [-0.15, -0.1) is 0 Å². The van der Waals surface area contributed by atoms with Gasteiger partial charge in [0.1, 0.15) is 6.61 Å². The van der Waals surface area contributed by atoms with E-state index in [-0.39, 0.29) is 6.04 Å². The number of hydrogen-bond donors (Lipinski definition) is 1. The highest BCUT2D eigenvalue weighted by molar-refractivity contribution is 6.35. The number of nitrogens with one attached hydrogen (secondary N) is 1. The summed E-state index contributed by atoms with van der Waals surface area (Å²) in [7, 11) is 0. The van der Waals surface area contributed by atoms with Crippen LogP contribution in [0.15, 0.2) is 67.4 Å². The molecule has 1 aliphatic rings. The predicted molar refractivity (Wildman–Crippen MR) is 141 cm³/mol. The smallest absolute Gasteiger partial charge is 0.214 e. The minimum absolute atomic E-state index is 0.138. The van der Waals surface area contributed by atoms with Crippen LogP contribution in [0.2, 0.25) is 15.1 Å². The Kier molecular flexibility index (Phi) is 5.93. The quantitative estimate of drug-likeness (QED) is 0.255. The van der Waals surface area contributed by atoms with Crippen LogP contribution in [0.25, 0.3) is 22.2 Å². The van der Waals surface area contributed by atoms with E-state index in [2.05, 4.69) is 25.6 Å². The summed E-state index contributed by atoms with van der Waals surface area (Å²) in [5.74, 6) is 0.515. The monoisotopic (exact) mass is 522 g/mol. The maximum Gasteiger partial charge on any atom is 0.214 e. The molecule has 8 heteroatoms. The Morgan fingerprint density at radius 3 is 2.86 bits per heavy atom. The van der Waals surface area contributed by atoms with E-state index in [1.165, 1.54) is 11.1 Å². The van der Waals surface area contributed by atoms with Crippen molar-refractivity contribution in [1.82, 2.24) is 19.5 Å². The molecule has 0 bridgehead atoms. The van der Waals surface area contributed by atoms with Gasteiger partial charge in [-0.2, -0.15) is 0 Å². The zero-order valence-electron chi connectivity index (χ0n) is 18.6. The molecule has 1 atom stereocenters. The molecule has 1 aliphatic carbocycles. The van der Waals surface area contributed by atoms with E-state index in [9.17, 15) is 0 Å². The lowest BCUT2D eigenvalue weighted by atomic mass is 9.87. The van der Waals surface area contributed by atoms with Crippen molar-refractivity contribution in [2.24, 2.45) is 0 Å². The molecule has 3 heterocycles. The molecule has 1 N–H and O–H groups in total. The Morgan fingerprint density at radius 1 is 1.06 bits per heavy atom. The number of imidazole rings is 1. The van der Waals surface area contributed by atoms with Crippen LogP contribution in [0.5, 0.6) is 5.88 Å². The molecular weight excluding hydrogens is 503 g/mol. The van der Waals surface area contributed by atoms with Crippen molar-refractivity contribution in [3.05, 3.63) is 99.1 Å². The number of H-pyrrole nitrogens is 1. The van der Waals surface area contributed by atoms with E-state index in [1.807, 2.05) is 43.0 Å². The van der Waals surface area contributed by atoms with Crippen molar-refractivity contribution in [2.45, 2.75) is 31.9 Å². The third kappa shape index (κ3) is 4.18. The normalized spacial score (nSPS) is 15.3. The van der Waals surface area contributed by atoms with E-state index >= 15 is 0 Å². The van der Waals surface area contributed by atoms with Gasteiger partial charge in [0.2, 0.25) is 5.88 Å². The Balaban J connectivity index is 1.35. The summed E-state index contributed by atoms with van der Waals surface area (Å²) in [6, 6.07) is 13.6. The van der Waals surface area contributed by atoms with Crippen molar-refractivity contribution < 1.29 is 4.74 Å². The number of benzene rings is 2. The molecule has 0 saturated carbocycles. The van der Waals surface area contributed by atoms with Crippen LogP contribution in [0.3, 0.4) is 0 Å². The van der Waals surface area contributed by atoms with Gasteiger partial charge in [-0.25, -0.2) is 9.97 Å². The standard InChI is InChI=1S/C27H21Cl3N4O/c28-18-8-7-17(22(30)9-18)14-35-26-10-19-20(11-32-23(19)12-33-26)25-13-31-15-34(25)24-6-2-4-16-3-1-5-21(29)27(16)24/h1,3,5,7-13,15,24,32H,2,4,6,14H2. The minimum Gasteiger partial charge on any atom is -0.473 e. The van der Waals surface area contributed by atoms with Crippen molar-refractivity contribution >= 4 is 45.7 Å². The summed E-state index contributed by atoms with van der Waals surface area (Å²) in [6.45, 7) is 0.295. The molecule has 0 fully saturated rings. The molecular formula is C27H21Cl3N4O. The SMILES string of the molecule is Clc1ccc(COc2cc3c(-c4cncn4C4CCCc5cccc(Cl)c54)c[nH]c3cn2)c(Cl)c1. The fourth-order valence-corrected chi connectivity index (χ4v) is 5.71. The molecule has 35 heavy (non-hydrogen) atoms. The highest BCUT2D eigenvalue weighted by Crippen LogP contribution is 2.40. The van der Waals surface area contributed by atoms with Crippen LogP contribution in [-0.4, -0.2) is 19.5 Å².